The highest BCUT2D eigenvalue weighted by atomic mass is 19.2. The summed E-state index contributed by atoms with van der Waals surface area (Å²) >= 11 is 0. The van der Waals surface area contributed by atoms with Gasteiger partial charge >= 0.3 is 0 Å². The first-order chi connectivity index (χ1) is 12.0. The third-order valence-electron chi connectivity index (χ3n) is 3.71. The van der Waals surface area contributed by atoms with Gasteiger partial charge in [-0.1, -0.05) is 0 Å². The highest BCUT2D eigenvalue weighted by Crippen LogP contribution is 2.29. The molecular formula is C17H14F2N4O2. The molecule has 0 unspecified atom stereocenters. The molecule has 0 aliphatic heterocycles. The number of nitrogens with zero attached hydrogens (tertiary/aromatic N) is 2. The van der Waals surface area contributed by atoms with Crippen LogP contribution in [0.1, 0.15) is 15.9 Å². The predicted octanol–water partition coefficient (Wildman–Crippen LogP) is 3.32. The molecule has 0 saturated carbocycles. The Morgan fingerprint density at radius 1 is 1.24 bits per heavy atom. The molecule has 3 rings (SSSR count). The molecule has 0 bridgehead atoms. The molecule has 0 aliphatic rings. The fraction of sp³-hybridized carbons (Fsp3) is 0.0588. The van der Waals surface area contributed by atoms with E-state index in [-0.39, 0.29) is 11.3 Å². The zero-order valence-corrected chi connectivity index (χ0v) is 13.1. The van der Waals surface area contributed by atoms with Crippen molar-refractivity contribution in [2.45, 2.75) is 6.92 Å². The Balaban J connectivity index is 2.00. The summed E-state index contributed by atoms with van der Waals surface area (Å²) in [7, 11) is 0. The molecule has 0 atom stereocenters. The molecule has 128 valence electrons. The number of hydrogen-bond acceptors (Lipinski definition) is 4. The van der Waals surface area contributed by atoms with Gasteiger partial charge in [-0.2, -0.15) is 0 Å². The average molecular weight is 344 g/mol. The minimum absolute atomic E-state index is 0.223. The Morgan fingerprint density at radius 2 is 2.04 bits per heavy atom. The average Bonchev–Trinajstić information content (AvgIpc) is 3.14. The lowest BCUT2D eigenvalue weighted by Gasteiger charge is -2.15. The molecule has 2 aromatic carbocycles. The summed E-state index contributed by atoms with van der Waals surface area (Å²) in [5.74, 6) is -3.27. The number of carbonyl (C=O) groups excluding carboxylic acids is 1. The Morgan fingerprint density at radius 3 is 2.68 bits per heavy atom. The fourth-order valence-electron chi connectivity index (χ4n) is 2.42. The number of amides is 1. The summed E-state index contributed by atoms with van der Waals surface area (Å²) in [5.41, 5.74) is 2.91. The van der Waals surface area contributed by atoms with Crippen molar-refractivity contribution in [2.24, 2.45) is 0 Å². The largest absolute Gasteiger partial charge is 0.352 e. The summed E-state index contributed by atoms with van der Waals surface area (Å²) in [6, 6.07) is 7.17. The standard InChI is InChI=1S/C17H14F2N4O2/c1-10-8-11(23-7-6-20-9-23)2-5-14(10)21-16-12(17(24)22-25)3-4-13(18)15(16)19/h2-9,21,25H,1H3,(H,22,24). The van der Waals surface area contributed by atoms with E-state index in [1.165, 1.54) is 5.48 Å². The monoisotopic (exact) mass is 344 g/mol. The smallest absolute Gasteiger partial charge is 0.276 e. The van der Waals surface area contributed by atoms with Gasteiger partial charge in [-0.15, -0.1) is 0 Å². The third kappa shape index (κ3) is 3.20. The van der Waals surface area contributed by atoms with Crippen molar-refractivity contribution in [3.05, 3.63) is 71.8 Å². The van der Waals surface area contributed by atoms with E-state index in [2.05, 4.69) is 10.3 Å². The van der Waals surface area contributed by atoms with Gasteiger partial charge in [0.05, 0.1) is 17.6 Å². The van der Waals surface area contributed by atoms with Gasteiger partial charge in [0.2, 0.25) is 0 Å². The van der Waals surface area contributed by atoms with Crippen LogP contribution < -0.4 is 10.8 Å². The third-order valence-corrected chi connectivity index (χ3v) is 3.71. The highest BCUT2D eigenvalue weighted by Gasteiger charge is 2.19. The van der Waals surface area contributed by atoms with Crippen LogP contribution in [0.15, 0.2) is 49.1 Å². The number of anilines is 2. The molecule has 1 amide bonds. The predicted molar refractivity (Wildman–Crippen MR) is 87.2 cm³/mol. The second-order valence-electron chi connectivity index (χ2n) is 5.32. The summed E-state index contributed by atoms with van der Waals surface area (Å²) < 4.78 is 29.5. The molecule has 0 aliphatic carbocycles. The fourth-order valence-corrected chi connectivity index (χ4v) is 2.42. The van der Waals surface area contributed by atoms with Crippen molar-refractivity contribution in [3.63, 3.8) is 0 Å². The lowest BCUT2D eigenvalue weighted by Crippen LogP contribution is -2.20. The van der Waals surface area contributed by atoms with Gasteiger partial charge in [-0.25, -0.2) is 19.2 Å². The van der Waals surface area contributed by atoms with Gasteiger partial charge in [-0.3, -0.25) is 10.0 Å². The van der Waals surface area contributed by atoms with Gasteiger partial charge in [-0.05, 0) is 42.8 Å². The Hall–Kier alpha value is -3.26. The van der Waals surface area contributed by atoms with E-state index in [4.69, 9.17) is 5.21 Å². The first-order valence-corrected chi connectivity index (χ1v) is 7.29. The van der Waals surface area contributed by atoms with Gasteiger partial charge in [0.15, 0.2) is 11.6 Å². The SMILES string of the molecule is Cc1cc(-n2ccnc2)ccc1Nc1c(C(=O)NO)ccc(F)c1F. The molecule has 0 saturated heterocycles. The zero-order chi connectivity index (χ0) is 18.0. The van der Waals surface area contributed by atoms with Crippen LogP contribution in [0.3, 0.4) is 0 Å². The van der Waals surface area contributed by atoms with E-state index < -0.39 is 17.5 Å². The molecule has 1 heterocycles. The molecule has 8 heteroatoms. The maximum absolute atomic E-state index is 14.2. The zero-order valence-electron chi connectivity index (χ0n) is 13.1. The van der Waals surface area contributed by atoms with Crippen molar-refractivity contribution < 1.29 is 18.8 Å². The summed E-state index contributed by atoms with van der Waals surface area (Å²) in [4.78, 5) is 15.7. The molecule has 0 fully saturated rings. The number of carbonyl (C=O) groups is 1. The van der Waals surface area contributed by atoms with Gasteiger partial charge in [0.25, 0.3) is 5.91 Å². The van der Waals surface area contributed by atoms with Crippen molar-refractivity contribution in [1.82, 2.24) is 15.0 Å². The minimum Gasteiger partial charge on any atom is -0.352 e. The number of aromatic nitrogens is 2. The summed E-state index contributed by atoms with van der Waals surface area (Å²) in [6.45, 7) is 1.78. The second-order valence-corrected chi connectivity index (χ2v) is 5.32. The van der Waals surface area contributed by atoms with E-state index in [0.717, 1.165) is 23.4 Å². The van der Waals surface area contributed by atoms with Crippen molar-refractivity contribution in [3.8, 4) is 5.69 Å². The molecule has 25 heavy (non-hydrogen) atoms. The molecule has 0 radical (unpaired) electrons. The number of imidazole rings is 1. The van der Waals surface area contributed by atoms with E-state index in [1.54, 1.807) is 42.3 Å². The molecule has 3 N–H and O–H groups in total. The molecule has 1 aromatic heterocycles. The molecule has 6 nitrogen and oxygen atoms in total. The number of aryl methyl sites for hydroxylation is 1. The van der Waals surface area contributed by atoms with Crippen molar-refractivity contribution in [2.75, 3.05) is 5.32 Å². The van der Waals surface area contributed by atoms with Gasteiger partial charge in [0.1, 0.15) is 0 Å². The molecule has 3 aromatic rings. The minimum atomic E-state index is -1.21. The van der Waals surface area contributed by atoms with Gasteiger partial charge in [0, 0.05) is 23.8 Å². The first-order valence-electron chi connectivity index (χ1n) is 7.29. The van der Waals surface area contributed by atoms with E-state index in [1.807, 2.05) is 6.07 Å². The maximum Gasteiger partial charge on any atom is 0.276 e. The number of rotatable bonds is 4. The Bertz CT molecular complexity index is 927. The second kappa shape index (κ2) is 6.70. The first kappa shape index (κ1) is 16.6. The van der Waals surface area contributed by atoms with Crippen molar-refractivity contribution >= 4 is 17.3 Å². The quantitative estimate of drug-likeness (QED) is 0.501. The number of nitrogens with one attached hydrogen (secondary N) is 2. The van der Waals surface area contributed by atoms with E-state index in [9.17, 15) is 13.6 Å². The Labute approximate surface area is 141 Å². The summed E-state index contributed by atoms with van der Waals surface area (Å²) in [5, 5.41) is 11.5. The number of hydroxylamine groups is 1. The topological polar surface area (TPSA) is 79.2 Å². The Kier molecular flexibility index (Phi) is 4.44. The number of benzene rings is 2. The highest BCUT2D eigenvalue weighted by molar-refractivity contribution is 5.99. The van der Waals surface area contributed by atoms with Crippen LogP contribution in [0, 0.1) is 18.6 Å². The van der Waals surface area contributed by atoms with Crippen LogP contribution in [0.4, 0.5) is 20.2 Å². The van der Waals surface area contributed by atoms with E-state index in [0.29, 0.717) is 5.69 Å². The lowest BCUT2D eigenvalue weighted by atomic mass is 10.1. The van der Waals surface area contributed by atoms with Crippen LogP contribution in [-0.2, 0) is 0 Å². The number of hydrogen-bond donors (Lipinski definition) is 3. The van der Waals surface area contributed by atoms with E-state index >= 15 is 0 Å². The van der Waals surface area contributed by atoms with Gasteiger partial charge < -0.3 is 9.88 Å². The van der Waals surface area contributed by atoms with Crippen LogP contribution >= 0.6 is 0 Å². The summed E-state index contributed by atoms with van der Waals surface area (Å²) in [6.07, 6.45) is 5.05. The molecule has 0 spiro atoms. The lowest BCUT2D eigenvalue weighted by molar-refractivity contribution is 0.0707. The van der Waals surface area contributed by atoms with Crippen LogP contribution in [0.2, 0.25) is 0 Å². The normalized spacial score (nSPS) is 10.6. The van der Waals surface area contributed by atoms with Crippen LogP contribution in [0.25, 0.3) is 5.69 Å². The maximum atomic E-state index is 14.2. The van der Waals surface area contributed by atoms with Crippen LogP contribution in [-0.4, -0.2) is 20.7 Å². The number of halogens is 2. The molecular weight excluding hydrogens is 330 g/mol. The van der Waals surface area contributed by atoms with Crippen molar-refractivity contribution in [1.29, 1.82) is 0 Å². The van der Waals surface area contributed by atoms with Crippen LogP contribution in [0.5, 0.6) is 0 Å².